The van der Waals surface area contributed by atoms with E-state index >= 15 is 0 Å². The zero-order valence-electron chi connectivity index (χ0n) is 17.5. The van der Waals surface area contributed by atoms with Gasteiger partial charge in [-0.25, -0.2) is 4.98 Å². The van der Waals surface area contributed by atoms with Crippen molar-refractivity contribution >= 4 is 5.96 Å². The largest absolute Gasteiger partial charge is 0.444 e. The molecule has 2 heterocycles. The molecule has 3 rings (SSSR count). The van der Waals surface area contributed by atoms with Gasteiger partial charge in [-0.2, -0.15) is 0 Å². The number of aliphatic imine (C=N–C) groups is 1. The molecule has 1 fully saturated rings. The highest BCUT2D eigenvalue weighted by molar-refractivity contribution is 5.79. The number of aryl methyl sites for hydroxylation is 1. The number of nitrogens with one attached hydrogen (secondary N) is 2. The Morgan fingerprint density at radius 1 is 1.25 bits per heavy atom. The summed E-state index contributed by atoms with van der Waals surface area (Å²) in [5.41, 5.74) is 3.19. The zero-order chi connectivity index (χ0) is 19.9. The Kier molecular flexibility index (Phi) is 7.09. The van der Waals surface area contributed by atoms with E-state index in [0.717, 1.165) is 56.1 Å². The van der Waals surface area contributed by atoms with Crippen LogP contribution >= 0.6 is 0 Å². The number of nitrogens with zero attached hydrogens (tertiary/aromatic N) is 3. The molecule has 6 heteroatoms. The number of oxazole rings is 1. The van der Waals surface area contributed by atoms with Crippen LogP contribution in [0.1, 0.15) is 37.9 Å². The van der Waals surface area contributed by atoms with Gasteiger partial charge in [0.2, 0.25) is 5.89 Å². The molecule has 1 aliphatic rings. The molecule has 0 aliphatic carbocycles. The van der Waals surface area contributed by atoms with Crippen molar-refractivity contribution in [3.05, 3.63) is 41.8 Å². The van der Waals surface area contributed by atoms with Crippen LogP contribution in [0.15, 0.2) is 39.9 Å². The fourth-order valence-corrected chi connectivity index (χ4v) is 3.51. The zero-order valence-corrected chi connectivity index (χ0v) is 17.5. The summed E-state index contributed by atoms with van der Waals surface area (Å²) in [6, 6.07) is 9.34. The molecular formula is C22H33N5O. The summed E-state index contributed by atoms with van der Waals surface area (Å²) in [6.45, 7) is 9.67. The number of hydrogen-bond acceptors (Lipinski definition) is 4. The smallest absolute Gasteiger partial charge is 0.226 e. The minimum absolute atomic E-state index is 0.487. The third-order valence-electron chi connectivity index (χ3n) is 5.35. The average Bonchev–Trinajstić information content (AvgIpc) is 3.17. The van der Waals surface area contributed by atoms with Crippen molar-refractivity contribution in [2.45, 2.75) is 52.1 Å². The SMILES string of the molecule is CN=C(NCCc1coc(-c2ccc(C)cc2)n1)NC1CCN(C(C)C)CC1. The molecule has 2 N–H and O–H groups in total. The Labute approximate surface area is 168 Å². The predicted octanol–water partition coefficient (Wildman–Crippen LogP) is 3.23. The number of aromatic nitrogens is 1. The lowest BCUT2D eigenvalue weighted by atomic mass is 10.0. The van der Waals surface area contributed by atoms with Gasteiger partial charge < -0.3 is 20.0 Å². The molecule has 152 valence electrons. The quantitative estimate of drug-likeness (QED) is 0.592. The first-order valence-corrected chi connectivity index (χ1v) is 10.3. The monoisotopic (exact) mass is 383 g/mol. The second kappa shape index (κ2) is 9.73. The fourth-order valence-electron chi connectivity index (χ4n) is 3.51. The van der Waals surface area contributed by atoms with Crippen molar-refractivity contribution in [1.29, 1.82) is 0 Å². The highest BCUT2D eigenvalue weighted by Crippen LogP contribution is 2.19. The van der Waals surface area contributed by atoms with E-state index in [9.17, 15) is 0 Å². The molecule has 0 unspecified atom stereocenters. The first-order chi connectivity index (χ1) is 13.5. The Bertz CT molecular complexity index is 757. The maximum Gasteiger partial charge on any atom is 0.226 e. The summed E-state index contributed by atoms with van der Waals surface area (Å²) in [5.74, 6) is 1.54. The normalized spacial score (nSPS) is 16.5. The first-order valence-electron chi connectivity index (χ1n) is 10.3. The van der Waals surface area contributed by atoms with Crippen molar-refractivity contribution in [3.63, 3.8) is 0 Å². The molecule has 0 atom stereocenters. The van der Waals surface area contributed by atoms with E-state index in [1.807, 2.05) is 19.2 Å². The van der Waals surface area contributed by atoms with Crippen molar-refractivity contribution in [3.8, 4) is 11.5 Å². The minimum atomic E-state index is 0.487. The summed E-state index contributed by atoms with van der Waals surface area (Å²) >= 11 is 0. The van der Waals surface area contributed by atoms with Crippen LogP contribution in [0, 0.1) is 6.92 Å². The molecule has 0 amide bonds. The Morgan fingerprint density at radius 2 is 1.96 bits per heavy atom. The number of hydrogen-bond donors (Lipinski definition) is 2. The molecule has 1 saturated heterocycles. The standard InChI is InChI=1S/C22H33N5O/c1-16(2)27-13-10-19(11-14-27)26-22(23-4)24-12-9-20-15-28-21(25-20)18-7-5-17(3)6-8-18/h5-8,15-16,19H,9-14H2,1-4H3,(H2,23,24,26). The maximum absolute atomic E-state index is 5.64. The molecule has 6 nitrogen and oxygen atoms in total. The third-order valence-corrected chi connectivity index (χ3v) is 5.35. The molecule has 1 aromatic heterocycles. The molecule has 0 spiro atoms. The van der Waals surface area contributed by atoms with E-state index in [-0.39, 0.29) is 0 Å². The lowest BCUT2D eigenvalue weighted by Gasteiger charge is -2.35. The summed E-state index contributed by atoms with van der Waals surface area (Å²) in [5, 5.41) is 6.96. The van der Waals surface area contributed by atoms with Crippen LogP contribution in [0.4, 0.5) is 0 Å². The summed E-state index contributed by atoms with van der Waals surface area (Å²) in [4.78, 5) is 11.5. The molecule has 1 aromatic carbocycles. The van der Waals surface area contributed by atoms with E-state index in [1.165, 1.54) is 5.56 Å². The number of guanidine groups is 1. The van der Waals surface area contributed by atoms with Crippen molar-refractivity contribution in [2.75, 3.05) is 26.7 Å². The van der Waals surface area contributed by atoms with Gasteiger partial charge in [-0.05, 0) is 45.7 Å². The highest BCUT2D eigenvalue weighted by atomic mass is 16.3. The predicted molar refractivity (Wildman–Crippen MR) is 115 cm³/mol. The fraction of sp³-hybridized carbons (Fsp3) is 0.545. The second-order valence-corrected chi connectivity index (χ2v) is 7.81. The summed E-state index contributed by atoms with van der Waals surface area (Å²) in [7, 11) is 1.82. The van der Waals surface area contributed by atoms with Gasteiger partial charge in [-0.3, -0.25) is 4.99 Å². The van der Waals surface area contributed by atoms with E-state index in [4.69, 9.17) is 4.42 Å². The van der Waals surface area contributed by atoms with Crippen molar-refractivity contribution in [2.24, 2.45) is 4.99 Å². The van der Waals surface area contributed by atoms with Gasteiger partial charge in [0.05, 0.1) is 5.69 Å². The maximum atomic E-state index is 5.64. The number of piperidine rings is 1. The van der Waals surface area contributed by atoms with Crippen LogP contribution in [0.5, 0.6) is 0 Å². The molecule has 2 aromatic rings. The molecule has 0 radical (unpaired) electrons. The van der Waals surface area contributed by atoms with Crippen molar-refractivity contribution < 1.29 is 4.42 Å². The van der Waals surface area contributed by atoms with Gasteiger partial charge in [0.25, 0.3) is 0 Å². The summed E-state index contributed by atoms with van der Waals surface area (Å²) in [6.07, 6.45) is 4.85. The topological polar surface area (TPSA) is 65.7 Å². The molecule has 1 aliphatic heterocycles. The molecule has 0 bridgehead atoms. The lowest BCUT2D eigenvalue weighted by molar-refractivity contribution is 0.167. The number of rotatable bonds is 6. The van der Waals surface area contributed by atoms with Gasteiger partial charge in [0.1, 0.15) is 6.26 Å². The van der Waals surface area contributed by atoms with Crippen molar-refractivity contribution in [1.82, 2.24) is 20.5 Å². The number of likely N-dealkylation sites (tertiary alicyclic amines) is 1. The lowest BCUT2D eigenvalue weighted by Crippen LogP contribution is -2.50. The molecule has 0 saturated carbocycles. The van der Waals surface area contributed by atoms with E-state index in [2.05, 4.69) is 58.4 Å². The summed E-state index contributed by atoms with van der Waals surface area (Å²) < 4.78 is 5.64. The van der Waals surface area contributed by atoms with Crippen LogP contribution < -0.4 is 10.6 Å². The van der Waals surface area contributed by atoms with Crippen LogP contribution in [-0.4, -0.2) is 54.6 Å². The van der Waals surface area contributed by atoms with Gasteiger partial charge in [-0.1, -0.05) is 17.7 Å². The van der Waals surface area contributed by atoms with Crippen LogP contribution in [-0.2, 0) is 6.42 Å². The van der Waals surface area contributed by atoms with E-state index in [1.54, 1.807) is 6.26 Å². The molecular weight excluding hydrogens is 350 g/mol. The van der Waals surface area contributed by atoms with Gasteiger partial charge in [0.15, 0.2) is 5.96 Å². The van der Waals surface area contributed by atoms with Crippen LogP contribution in [0.3, 0.4) is 0 Å². The van der Waals surface area contributed by atoms with Gasteiger partial charge in [0, 0.05) is 50.7 Å². The third kappa shape index (κ3) is 5.58. The highest BCUT2D eigenvalue weighted by Gasteiger charge is 2.21. The Hall–Kier alpha value is -2.34. The Balaban J connectivity index is 1.43. The van der Waals surface area contributed by atoms with Crippen LogP contribution in [0.25, 0.3) is 11.5 Å². The van der Waals surface area contributed by atoms with Gasteiger partial charge in [-0.15, -0.1) is 0 Å². The van der Waals surface area contributed by atoms with Gasteiger partial charge >= 0.3 is 0 Å². The first kappa shape index (κ1) is 20.4. The van der Waals surface area contributed by atoms with E-state index < -0.39 is 0 Å². The average molecular weight is 384 g/mol. The molecule has 28 heavy (non-hydrogen) atoms. The minimum Gasteiger partial charge on any atom is -0.444 e. The number of benzene rings is 1. The van der Waals surface area contributed by atoms with Crippen LogP contribution in [0.2, 0.25) is 0 Å². The second-order valence-electron chi connectivity index (χ2n) is 7.81. The van der Waals surface area contributed by atoms with E-state index in [0.29, 0.717) is 18.0 Å². The Morgan fingerprint density at radius 3 is 2.61 bits per heavy atom.